The van der Waals surface area contributed by atoms with E-state index in [9.17, 15) is 9.59 Å². The molecule has 1 amide bonds. The number of carbonyl (C=O) groups excluding carboxylic acids is 2. The molecule has 0 spiro atoms. The normalized spacial score (nSPS) is 14.6. The Morgan fingerprint density at radius 3 is 2.11 bits per heavy atom. The summed E-state index contributed by atoms with van der Waals surface area (Å²) in [5.41, 5.74) is -1.76. The molecule has 0 saturated heterocycles. The third-order valence-electron chi connectivity index (χ3n) is 2.14. The van der Waals surface area contributed by atoms with Crippen molar-refractivity contribution < 1.29 is 19.1 Å². The Bertz CT molecular complexity index is 299. The van der Waals surface area contributed by atoms with Crippen LogP contribution in [0.3, 0.4) is 0 Å². The molecule has 6 heteroatoms. The fourth-order valence-corrected chi connectivity index (χ4v) is 1.30. The third kappa shape index (κ3) is 5.86. The second kappa shape index (κ2) is 6.58. The van der Waals surface area contributed by atoms with Crippen LogP contribution in [0.5, 0.6) is 0 Å². The minimum Gasteiger partial charge on any atom is -0.467 e. The van der Waals surface area contributed by atoms with Crippen molar-refractivity contribution in [1.82, 2.24) is 10.6 Å². The summed E-state index contributed by atoms with van der Waals surface area (Å²) >= 11 is 0. The Hall–Kier alpha value is -1.30. The van der Waals surface area contributed by atoms with Crippen molar-refractivity contribution >= 4 is 12.1 Å². The first kappa shape index (κ1) is 16.7. The van der Waals surface area contributed by atoms with E-state index >= 15 is 0 Å². The number of ether oxygens (including phenoxy) is 2. The van der Waals surface area contributed by atoms with Crippen molar-refractivity contribution in [2.45, 2.75) is 45.8 Å². The maximum Gasteiger partial charge on any atom is 0.408 e. The molecule has 0 aromatic heterocycles. The van der Waals surface area contributed by atoms with Gasteiger partial charge in [-0.05, 0) is 34.2 Å². The first-order valence-electron chi connectivity index (χ1n) is 5.95. The largest absolute Gasteiger partial charge is 0.467 e. The first-order chi connectivity index (χ1) is 8.14. The van der Waals surface area contributed by atoms with Gasteiger partial charge in [0.15, 0.2) is 5.54 Å². The highest BCUT2D eigenvalue weighted by molar-refractivity contribution is 5.85. The summed E-state index contributed by atoms with van der Waals surface area (Å²) < 4.78 is 9.82. The van der Waals surface area contributed by atoms with Gasteiger partial charge in [0.2, 0.25) is 0 Å². The highest BCUT2D eigenvalue weighted by Crippen LogP contribution is 2.10. The van der Waals surface area contributed by atoms with Crippen molar-refractivity contribution in [1.29, 1.82) is 0 Å². The van der Waals surface area contributed by atoms with Crippen LogP contribution in [-0.4, -0.2) is 43.4 Å². The number of alkyl carbamates (subject to hydrolysis) is 1. The van der Waals surface area contributed by atoms with Crippen molar-refractivity contribution in [3.63, 3.8) is 0 Å². The lowest BCUT2D eigenvalue weighted by Crippen LogP contribution is -2.59. The molecule has 0 rings (SSSR count). The van der Waals surface area contributed by atoms with Gasteiger partial charge in [0, 0.05) is 6.54 Å². The van der Waals surface area contributed by atoms with E-state index in [4.69, 9.17) is 9.47 Å². The molecule has 0 saturated carbocycles. The predicted octanol–water partition coefficient (Wildman–Crippen LogP) is 1.05. The Labute approximate surface area is 108 Å². The summed E-state index contributed by atoms with van der Waals surface area (Å²) in [7, 11) is 1.28. The van der Waals surface area contributed by atoms with Crippen molar-refractivity contribution in [2.75, 3.05) is 20.2 Å². The quantitative estimate of drug-likeness (QED) is 0.723. The Morgan fingerprint density at radius 2 is 1.72 bits per heavy atom. The highest BCUT2D eigenvalue weighted by atomic mass is 16.6. The van der Waals surface area contributed by atoms with Crippen LogP contribution in [0.1, 0.15) is 34.6 Å². The van der Waals surface area contributed by atoms with E-state index in [1.807, 2.05) is 6.92 Å². The van der Waals surface area contributed by atoms with E-state index in [0.29, 0.717) is 6.54 Å². The van der Waals surface area contributed by atoms with E-state index in [0.717, 1.165) is 0 Å². The number of amides is 1. The van der Waals surface area contributed by atoms with Crippen LogP contribution in [0.2, 0.25) is 0 Å². The van der Waals surface area contributed by atoms with Gasteiger partial charge in [0.05, 0.1) is 7.11 Å². The molecule has 0 unspecified atom stereocenters. The Kier molecular flexibility index (Phi) is 6.11. The zero-order valence-corrected chi connectivity index (χ0v) is 12.0. The molecule has 0 aliphatic carbocycles. The maximum absolute atomic E-state index is 11.7. The van der Waals surface area contributed by atoms with E-state index < -0.39 is 23.2 Å². The monoisotopic (exact) mass is 260 g/mol. The topological polar surface area (TPSA) is 76.7 Å². The molecule has 0 fully saturated rings. The summed E-state index contributed by atoms with van der Waals surface area (Å²) in [6, 6.07) is 0. The molecular weight excluding hydrogens is 236 g/mol. The highest BCUT2D eigenvalue weighted by Gasteiger charge is 2.37. The molecule has 0 aromatic rings. The van der Waals surface area contributed by atoms with Crippen LogP contribution in [-0.2, 0) is 14.3 Å². The fraction of sp³-hybridized carbons (Fsp3) is 0.833. The summed E-state index contributed by atoms with van der Waals surface area (Å²) in [5, 5.41) is 5.54. The van der Waals surface area contributed by atoms with Gasteiger partial charge in [-0.3, -0.25) is 0 Å². The molecule has 0 aliphatic rings. The lowest BCUT2D eigenvalue weighted by atomic mass is 10.0. The van der Waals surface area contributed by atoms with E-state index in [1.54, 1.807) is 27.7 Å². The predicted molar refractivity (Wildman–Crippen MR) is 68.3 cm³/mol. The van der Waals surface area contributed by atoms with Gasteiger partial charge < -0.3 is 20.1 Å². The smallest absolute Gasteiger partial charge is 0.408 e. The number of nitrogens with one attached hydrogen (secondary N) is 2. The average Bonchev–Trinajstić information content (AvgIpc) is 2.22. The Morgan fingerprint density at radius 1 is 1.17 bits per heavy atom. The minimum absolute atomic E-state index is 0.273. The summed E-state index contributed by atoms with van der Waals surface area (Å²) in [5.74, 6) is -0.519. The van der Waals surface area contributed by atoms with Gasteiger partial charge in [-0.15, -0.1) is 0 Å². The molecule has 6 nitrogen and oxygen atoms in total. The van der Waals surface area contributed by atoms with Crippen LogP contribution in [0, 0.1) is 0 Å². The molecule has 0 radical (unpaired) electrons. The number of carbonyl (C=O) groups is 2. The second-order valence-corrected chi connectivity index (χ2v) is 5.23. The number of methoxy groups -OCH3 is 1. The molecule has 18 heavy (non-hydrogen) atoms. The fourth-order valence-electron chi connectivity index (χ4n) is 1.30. The summed E-state index contributed by atoms with van der Waals surface area (Å²) in [4.78, 5) is 23.4. The van der Waals surface area contributed by atoms with Crippen molar-refractivity contribution in [3.8, 4) is 0 Å². The van der Waals surface area contributed by atoms with Gasteiger partial charge in [-0.2, -0.15) is 0 Å². The standard InChI is InChI=1S/C12H24N2O4/c1-7-13-8-12(5,9(15)17-6)14-10(16)18-11(2,3)4/h13H,7-8H2,1-6H3,(H,14,16)/t12-/m1/s1. The van der Waals surface area contributed by atoms with Crippen LogP contribution < -0.4 is 10.6 Å². The first-order valence-corrected chi connectivity index (χ1v) is 5.95. The number of esters is 1. The van der Waals surface area contributed by atoms with Crippen molar-refractivity contribution in [3.05, 3.63) is 0 Å². The number of rotatable bonds is 5. The van der Waals surface area contributed by atoms with Gasteiger partial charge in [0.1, 0.15) is 5.60 Å². The van der Waals surface area contributed by atoms with Crippen LogP contribution in [0.15, 0.2) is 0 Å². The molecule has 1 atom stereocenters. The SMILES string of the molecule is CCNC[C@@](C)(NC(=O)OC(C)(C)C)C(=O)OC. The number of hydrogen-bond donors (Lipinski definition) is 2. The zero-order valence-electron chi connectivity index (χ0n) is 12.0. The lowest BCUT2D eigenvalue weighted by molar-refractivity contribution is -0.147. The lowest BCUT2D eigenvalue weighted by Gasteiger charge is -2.29. The minimum atomic E-state index is -1.15. The van der Waals surface area contributed by atoms with E-state index in [2.05, 4.69) is 10.6 Å². The van der Waals surface area contributed by atoms with Gasteiger partial charge in [-0.25, -0.2) is 9.59 Å². The molecule has 0 aromatic carbocycles. The van der Waals surface area contributed by atoms with Crippen LogP contribution in [0.4, 0.5) is 4.79 Å². The van der Waals surface area contributed by atoms with Gasteiger partial charge in [-0.1, -0.05) is 6.92 Å². The zero-order chi connectivity index (χ0) is 14.4. The van der Waals surface area contributed by atoms with Gasteiger partial charge >= 0.3 is 12.1 Å². The van der Waals surface area contributed by atoms with Crippen molar-refractivity contribution in [2.24, 2.45) is 0 Å². The maximum atomic E-state index is 11.7. The summed E-state index contributed by atoms with van der Waals surface area (Å²) in [6.45, 7) is 9.72. The van der Waals surface area contributed by atoms with Gasteiger partial charge in [0.25, 0.3) is 0 Å². The molecular formula is C12H24N2O4. The molecule has 0 heterocycles. The van der Waals surface area contributed by atoms with E-state index in [1.165, 1.54) is 7.11 Å². The number of likely N-dealkylation sites (N-methyl/N-ethyl adjacent to an activating group) is 1. The number of hydrogen-bond acceptors (Lipinski definition) is 5. The Balaban J connectivity index is 4.69. The molecule has 2 N–H and O–H groups in total. The molecule has 0 bridgehead atoms. The van der Waals surface area contributed by atoms with Crippen LogP contribution in [0.25, 0.3) is 0 Å². The molecule has 0 aliphatic heterocycles. The molecule has 106 valence electrons. The second-order valence-electron chi connectivity index (χ2n) is 5.23. The van der Waals surface area contributed by atoms with Crippen LogP contribution >= 0.6 is 0 Å². The summed E-state index contributed by atoms with van der Waals surface area (Å²) in [6.07, 6.45) is -0.645. The average molecular weight is 260 g/mol. The van der Waals surface area contributed by atoms with E-state index in [-0.39, 0.29) is 6.54 Å². The third-order valence-corrected chi connectivity index (χ3v) is 2.14.